The van der Waals surface area contributed by atoms with Crippen LogP contribution in [0.25, 0.3) is 0 Å². The maximum absolute atomic E-state index is 12.2. The Morgan fingerprint density at radius 2 is 1.73 bits per heavy atom. The van der Waals surface area contributed by atoms with Crippen LogP contribution >= 0.6 is 0 Å². The second-order valence-corrected chi connectivity index (χ2v) is 9.14. The first kappa shape index (κ1) is 23.9. The first-order valence-electron chi connectivity index (χ1n) is 10.1. The SMILES string of the molecule is CCOC(=O)C(C)(C)Oc1cccc(CCCCOS(=O)(=O)c2ccc(C)cc2)c1. The summed E-state index contributed by atoms with van der Waals surface area (Å²) >= 11 is 0. The quantitative estimate of drug-likeness (QED) is 0.295. The molecule has 0 aliphatic rings. The Bertz CT molecular complexity index is 932. The number of rotatable bonds is 11. The van der Waals surface area contributed by atoms with Gasteiger partial charge >= 0.3 is 5.97 Å². The third-order valence-electron chi connectivity index (χ3n) is 4.45. The molecule has 0 aliphatic carbocycles. The Morgan fingerprint density at radius 3 is 2.40 bits per heavy atom. The molecule has 0 atom stereocenters. The molecule has 30 heavy (non-hydrogen) atoms. The van der Waals surface area contributed by atoms with Crippen molar-refractivity contribution in [2.75, 3.05) is 13.2 Å². The summed E-state index contributed by atoms with van der Waals surface area (Å²) in [5.41, 5.74) is 0.951. The molecule has 2 aromatic carbocycles. The van der Waals surface area contributed by atoms with Crippen molar-refractivity contribution in [2.45, 2.75) is 57.5 Å². The molecular weight excluding hydrogens is 404 g/mol. The highest BCUT2D eigenvalue weighted by molar-refractivity contribution is 7.86. The van der Waals surface area contributed by atoms with E-state index in [0.29, 0.717) is 18.8 Å². The summed E-state index contributed by atoms with van der Waals surface area (Å²) in [6.07, 6.45) is 2.10. The van der Waals surface area contributed by atoms with E-state index in [1.807, 2.05) is 25.1 Å². The van der Waals surface area contributed by atoms with E-state index in [9.17, 15) is 13.2 Å². The topological polar surface area (TPSA) is 78.9 Å². The molecule has 0 bridgehead atoms. The van der Waals surface area contributed by atoms with Gasteiger partial charge in [0, 0.05) is 0 Å². The van der Waals surface area contributed by atoms with Crippen molar-refractivity contribution < 1.29 is 26.9 Å². The Kier molecular flexibility index (Phi) is 8.43. The molecule has 0 N–H and O–H groups in total. The van der Waals surface area contributed by atoms with E-state index in [1.165, 1.54) is 0 Å². The van der Waals surface area contributed by atoms with Gasteiger partial charge in [0.05, 0.1) is 18.1 Å². The second-order valence-electron chi connectivity index (χ2n) is 7.53. The van der Waals surface area contributed by atoms with Crippen LogP contribution in [0.15, 0.2) is 53.4 Å². The predicted molar refractivity (Wildman–Crippen MR) is 115 cm³/mol. The zero-order chi connectivity index (χ0) is 22.2. The summed E-state index contributed by atoms with van der Waals surface area (Å²) < 4.78 is 40.3. The molecule has 0 unspecified atom stereocenters. The van der Waals surface area contributed by atoms with E-state index in [2.05, 4.69) is 0 Å². The molecule has 7 heteroatoms. The van der Waals surface area contributed by atoms with Crippen LogP contribution in [0.4, 0.5) is 0 Å². The third-order valence-corrected chi connectivity index (χ3v) is 5.77. The van der Waals surface area contributed by atoms with Gasteiger partial charge < -0.3 is 9.47 Å². The highest BCUT2D eigenvalue weighted by Crippen LogP contribution is 2.22. The van der Waals surface area contributed by atoms with Crippen LogP contribution in [0, 0.1) is 6.92 Å². The standard InChI is InChI=1S/C23H30O6S/c1-5-27-22(24)23(3,4)29-20-11-8-10-19(17-20)9-6-7-16-28-30(25,26)21-14-12-18(2)13-15-21/h8,10-15,17H,5-7,9,16H2,1-4H3. The van der Waals surface area contributed by atoms with Crippen molar-refractivity contribution >= 4 is 16.1 Å². The van der Waals surface area contributed by atoms with Gasteiger partial charge in [-0.25, -0.2) is 4.79 Å². The summed E-state index contributed by atoms with van der Waals surface area (Å²) in [5, 5.41) is 0. The van der Waals surface area contributed by atoms with Crippen molar-refractivity contribution in [1.82, 2.24) is 0 Å². The Hall–Kier alpha value is -2.38. The highest BCUT2D eigenvalue weighted by atomic mass is 32.2. The van der Waals surface area contributed by atoms with E-state index in [0.717, 1.165) is 24.0 Å². The zero-order valence-corrected chi connectivity index (χ0v) is 18.8. The van der Waals surface area contributed by atoms with Gasteiger partial charge in [0.25, 0.3) is 10.1 Å². The molecule has 2 aromatic rings. The molecule has 0 saturated carbocycles. The minimum atomic E-state index is -3.73. The minimum absolute atomic E-state index is 0.127. The van der Waals surface area contributed by atoms with Crippen LogP contribution < -0.4 is 4.74 Å². The molecule has 0 amide bonds. The number of ether oxygens (including phenoxy) is 2. The van der Waals surface area contributed by atoms with Gasteiger partial charge in [-0.2, -0.15) is 8.42 Å². The summed E-state index contributed by atoms with van der Waals surface area (Å²) in [6, 6.07) is 14.1. The number of hydrogen-bond donors (Lipinski definition) is 0. The van der Waals surface area contributed by atoms with Crippen LogP contribution in [0.1, 0.15) is 44.7 Å². The second kappa shape index (κ2) is 10.6. The molecule has 0 aliphatic heterocycles. The molecule has 0 radical (unpaired) electrons. The summed E-state index contributed by atoms with van der Waals surface area (Å²) in [6.45, 7) is 7.42. The van der Waals surface area contributed by atoms with Crippen LogP contribution in [0.3, 0.4) is 0 Å². The van der Waals surface area contributed by atoms with Crippen LogP contribution in [0.2, 0.25) is 0 Å². The first-order chi connectivity index (χ1) is 14.1. The van der Waals surface area contributed by atoms with Crippen LogP contribution in [-0.2, 0) is 30.3 Å². The number of benzene rings is 2. The van der Waals surface area contributed by atoms with Gasteiger partial charge in [-0.1, -0.05) is 29.8 Å². The normalized spacial score (nSPS) is 11.9. The predicted octanol–water partition coefficient (Wildman–Crippen LogP) is 4.44. The van der Waals surface area contributed by atoms with Gasteiger partial charge in [-0.3, -0.25) is 4.18 Å². The average molecular weight is 435 g/mol. The van der Waals surface area contributed by atoms with Gasteiger partial charge in [0.1, 0.15) is 5.75 Å². The Balaban J connectivity index is 1.82. The molecule has 164 valence electrons. The maximum Gasteiger partial charge on any atom is 0.349 e. The summed E-state index contributed by atoms with van der Waals surface area (Å²) in [5.74, 6) is 0.172. The highest BCUT2D eigenvalue weighted by Gasteiger charge is 2.31. The maximum atomic E-state index is 12.2. The zero-order valence-electron chi connectivity index (χ0n) is 18.0. The monoisotopic (exact) mass is 434 g/mol. The molecule has 0 spiro atoms. The number of carbonyl (C=O) groups is 1. The van der Waals surface area contributed by atoms with Crippen LogP contribution in [-0.4, -0.2) is 33.2 Å². The van der Waals surface area contributed by atoms with E-state index in [1.54, 1.807) is 51.1 Å². The number of esters is 1. The van der Waals surface area contributed by atoms with Gasteiger partial charge in [0.2, 0.25) is 0 Å². The number of hydrogen-bond acceptors (Lipinski definition) is 6. The lowest BCUT2D eigenvalue weighted by Crippen LogP contribution is -2.39. The molecule has 2 rings (SSSR count). The van der Waals surface area contributed by atoms with Crippen molar-refractivity contribution in [1.29, 1.82) is 0 Å². The molecular formula is C23H30O6S. The average Bonchev–Trinajstić information content (AvgIpc) is 2.68. The first-order valence-corrected chi connectivity index (χ1v) is 11.5. The number of aryl methyl sites for hydroxylation is 2. The smallest absolute Gasteiger partial charge is 0.349 e. The van der Waals surface area contributed by atoms with E-state index < -0.39 is 21.7 Å². The minimum Gasteiger partial charge on any atom is -0.476 e. The fourth-order valence-electron chi connectivity index (χ4n) is 2.78. The number of carbonyl (C=O) groups excluding carboxylic acids is 1. The van der Waals surface area contributed by atoms with E-state index in [4.69, 9.17) is 13.7 Å². The molecule has 0 aromatic heterocycles. The van der Waals surface area contributed by atoms with Gasteiger partial charge in [-0.15, -0.1) is 0 Å². The van der Waals surface area contributed by atoms with Crippen LogP contribution in [0.5, 0.6) is 5.75 Å². The molecule has 0 heterocycles. The molecule has 0 saturated heterocycles. The third kappa shape index (κ3) is 7.15. The largest absolute Gasteiger partial charge is 0.476 e. The molecule has 0 fully saturated rings. The fraction of sp³-hybridized carbons (Fsp3) is 0.435. The van der Waals surface area contributed by atoms with Crippen molar-refractivity contribution in [2.24, 2.45) is 0 Å². The lowest BCUT2D eigenvalue weighted by molar-refractivity contribution is -0.158. The summed E-state index contributed by atoms with van der Waals surface area (Å²) in [4.78, 5) is 12.2. The Morgan fingerprint density at radius 1 is 1.03 bits per heavy atom. The van der Waals surface area contributed by atoms with Crippen molar-refractivity contribution in [3.8, 4) is 5.75 Å². The fourth-order valence-corrected chi connectivity index (χ4v) is 3.72. The lowest BCUT2D eigenvalue weighted by atomic mass is 10.1. The van der Waals surface area contributed by atoms with E-state index >= 15 is 0 Å². The summed E-state index contributed by atoms with van der Waals surface area (Å²) in [7, 11) is -3.73. The van der Waals surface area contributed by atoms with Crippen molar-refractivity contribution in [3.63, 3.8) is 0 Å². The Labute approximate surface area is 179 Å². The van der Waals surface area contributed by atoms with E-state index in [-0.39, 0.29) is 11.5 Å². The number of unbranched alkanes of at least 4 members (excludes halogenated alkanes) is 1. The van der Waals surface area contributed by atoms with Gasteiger partial charge in [-0.05, 0) is 76.8 Å². The van der Waals surface area contributed by atoms with Crippen molar-refractivity contribution in [3.05, 3.63) is 59.7 Å². The lowest BCUT2D eigenvalue weighted by Gasteiger charge is -2.24. The van der Waals surface area contributed by atoms with Gasteiger partial charge in [0.15, 0.2) is 5.60 Å². The molecule has 6 nitrogen and oxygen atoms in total.